The second-order valence-corrected chi connectivity index (χ2v) is 3.47. The summed E-state index contributed by atoms with van der Waals surface area (Å²) in [5, 5.41) is 0. The van der Waals surface area contributed by atoms with Crippen LogP contribution < -0.4 is 15.2 Å². The van der Waals surface area contributed by atoms with Gasteiger partial charge in [0, 0.05) is 11.6 Å². The molecule has 14 heavy (non-hydrogen) atoms. The molecule has 1 heterocycles. The Morgan fingerprint density at radius 3 is 3.21 bits per heavy atom. The summed E-state index contributed by atoms with van der Waals surface area (Å²) in [4.78, 5) is 0. The van der Waals surface area contributed by atoms with Gasteiger partial charge < -0.3 is 15.2 Å². The van der Waals surface area contributed by atoms with E-state index in [2.05, 4.69) is 6.92 Å². The topological polar surface area (TPSA) is 44.5 Å². The summed E-state index contributed by atoms with van der Waals surface area (Å²) in [5.74, 6) is 1.73. The van der Waals surface area contributed by atoms with Gasteiger partial charge in [0.25, 0.3) is 0 Å². The van der Waals surface area contributed by atoms with Crippen LogP contribution in [0.2, 0.25) is 0 Å². The lowest BCUT2D eigenvalue weighted by Crippen LogP contribution is -2.10. The number of ether oxygens (including phenoxy) is 2. The maximum Gasteiger partial charge on any atom is 0.127 e. The first kappa shape index (κ1) is 9.34. The SMILES string of the molecule is CCCOc1ccc2c(c1)OCC2N. The maximum atomic E-state index is 5.83. The summed E-state index contributed by atoms with van der Waals surface area (Å²) in [6.45, 7) is 3.40. The van der Waals surface area contributed by atoms with Crippen LogP contribution in [0, 0.1) is 0 Å². The van der Waals surface area contributed by atoms with Gasteiger partial charge >= 0.3 is 0 Å². The molecule has 3 nitrogen and oxygen atoms in total. The zero-order valence-corrected chi connectivity index (χ0v) is 8.32. The van der Waals surface area contributed by atoms with Crippen molar-refractivity contribution >= 4 is 0 Å². The third-order valence-corrected chi connectivity index (χ3v) is 2.28. The highest BCUT2D eigenvalue weighted by atomic mass is 16.5. The molecule has 1 aromatic carbocycles. The molecule has 0 aliphatic carbocycles. The monoisotopic (exact) mass is 193 g/mol. The quantitative estimate of drug-likeness (QED) is 0.797. The molecule has 1 unspecified atom stereocenters. The molecule has 3 heteroatoms. The molecule has 0 spiro atoms. The molecular formula is C11H15NO2. The Balaban J connectivity index is 2.15. The van der Waals surface area contributed by atoms with E-state index in [-0.39, 0.29) is 6.04 Å². The van der Waals surface area contributed by atoms with Gasteiger partial charge in [0.05, 0.1) is 12.6 Å². The van der Waals surface area contributed by atoms with Crippen molar-refractivity contribution in [2.75, 3.05) is 13.2 Å². The average molecular weight is 193 g/mol. The summed E-state index contributed by atoms with van der Waals surface area (Å²) < 4.78 is 10.9. The third-order valence-electron chi connectivity index (χ3n) is 2.28. The van der Waals surface area contributed by atoms with Crippen molar-refractivity contribution in [3.8, 4) is 11.5 Å². The van der Waals surface area contributed by atoms with Crippen LogP contribution in [0.15, 0.2) is 18.2 Å². The Bertz CT molecular complexity index is 325. The Labute approximate surface area is 83.8 Å². The molecule has 0 saturated heterocycles. The van der Waals surface area contributed by atoms with Crippen LogP contribution in [-0.4, -0.2) is 13.2 Å². The van der Waals surface area contributed by atoms with Crippen LogP contribution in [-0.2, 0) is 0 Å². The fourth-order valence-electron chi connectivity index (χ4n) is 1.53. The molecule has 2 rings (SSSR count). The lowest BCUT2D eigenvalue weighted by molar-refractivity contribution is 0.310. The first-order chi connectivity index (χ1) is 6.81. The van der Waals surface area contributed by atoms with E-state index in [1.165, 1.54) is 0 Å². The van der Waals surface area contributed by atoms with Crippen LogP contribution in [0.4, 0.5) is 0 Å². The van der Waals surface area contributed by atoms with Crippen molar-refractivity contribution in [2.24, 2.45) is 5.73 Å². The number of fused-ring (bicyclic) bond motifs is 1. The first-order valence-corrected chi connectivity index (χ1v) is 4.96. The van der Waals surface area contributed by atoms with E-state index in [0.29, 0.717) is 6.61 Å². The summed E-state index contributed by atoms with van der Waals surface area (Å²) in [5.41, 5.74) is 6.91. The summed E-state index contributed by atoms with van der Waals surface area (Å²) >= 11 is 0. The van der Waals surface area contributed by atoms with Crippen LogP contribution in [0.5, 0.6) is 11.5 Å². The van der Waals surface area contributed by atoms with E-state index in [4.69, 9.17) is 15.2 Å². The molecular weight excluding hydrogens is 178 g/mol. The van der Waals surface area contributed by atoms with E-state index in [1.54, 1.807) is 0 Å². The van der Waals surface area contributed by atoms with Crippen LogP contribution in [0.3, 0.4) is 0 Å². The van der Waals surface area contributed by atoms with Gasteiger partial charge in [0.15, 0.2) is 0 Å². The Hall–Kier alpha value is -1.22. The van der Waals surface area contributed by atoms with Gasteiger partial charge in [-0.05, 0) is 18.6 Å². The Morgan fingerprint density at radius 1 is 1.57 bits per heavy atom. The normalized spacial score (nSPS) is 18.9. The lowest BCUT2D eigenvalue weighted by Gasteiger charge is -2.06. The largest absolute Gasteiger partial charge is 0.493 e. The van der Waals surface area contributed by atoms with Gasteiger partial charge in [0.1, 0.15) is 18.1 Å². The minimum Gasteiger partial charge on any atom is -0.493 e. The zero-order valence-electron chi connectivity index (χ0n) is 8.32. The van der Waals surface area contributed by atoms with Gasteiger partial charge in [-0.1, -0.05) is 6.92 Å². The molecule has 76 valence electrons. The highest BCUT2D eigenvalue weighted by Crippen LogP contribution is 2.33. The van der Waals surface area contributed by atoms with Crippen molar-refractivity contribution < 1.29 is 9.47 Å². The number of benzene rings is 1. The van der Waals surface area contributed by atoms with Gasteiger partial charge in [0.2, 0.25) is 0 Å². The zero-order chi connectivity index (χ0) is 9.97. The number of hydrogen-bond acceptors (Lipinski definition) is 3. The fourth-order valence-corrected chi connectivity index (χ4v) is 1.53. The third kappa shape index (κ3) is 1.68. The summed E-state index contributed by atoms with van der Waals surface area (Å²) in [6.07, 6.45) is 1.01. The highest BCUT2D eigenvalue weighted by Gasteiger charge is 2.20. The van der Waals surface area contributed by atoms with Crippen molar-refractivity contribution in [3.63, 3.8) is 0 Å². The molecule has 0 radical (unpaired) electrons. The molecule has 1 aliphatic rings. The molecule has 0 bridgehead atoms. The van der Waals surface area contributed by atoms with Gasteiger partial charge in [-0.15, -0.1) is 0 Å². The van der Waals surface area contributed by atoms with Crippen molar-refractivity contribution in [1.82, 2.24) is 0 Å². The predicted molar refractivity (Wildman–Crippen MR) is 54.7 cm³/mol. The number of hydrogen-bond donors (Lipinski definition) is 1. The summed E-state index contributed by atoms with van der Waals surface area (Å²) in [7, 11) is 0. The van der Waals surface area contributed by atoms with E-state index in [9.17, 15) is 0 Å². The van der Waals surface area contributed by atoms with Crippen LogP contribution in [0.1, 0.15) is 24.9 Å². The second kappa shape index (κ2) is 3.88. The fraction of sp³-hybridized carbons (Fsp3) is 0.455. The Kier molecular flexibility index (Phi) is 2.59. The van der Waals surface area contributed by atoms with Gasteiger partial charge in [-0.25, -0.2) is 0 Å². The van der Waals surface area contributed by atoms with Crippen LogP contribution in [0.25, 0.3) is 0 Å². The van der Waals surface area contributed by atoms with Gasteiger partial charge in [-0.2, -0.15) is 0 Å². The molecule has 1 aromatic rings. The Morgan fingerprint density at radius 2 is 2.43 bits per heavy atom. The number of rotatable bonds is 3. The van der Waals surface area contributed by atoms with Crippen molar-refractivity contribution in [1.29, 1.82) is 0 Å². The minimum atomic E-state index is 0.0187. The molecule has 1 aliphatic heterocycles. The van der Waals surface area contributed by atoms with Crippen LogP contribution >= 0.6 is 0 Å². The second-order valence-electron chi connectivity index (χ2n) is 3.47. The standard InChI is InChI=1S/C11H15NO2/c1-2-5-13-8-3-4-9-10(12)7-14-11(9)6-8/h3-4,6,10H,2,5,7,12H2,1H3. The molecule has 0 aromatic heterocycles. The first-order valence-electron chi connectivity index (χ1n) is 4.96. The average Bonchev–Trinajstić information content (AvgIpc) is 2.57. The van der Waals surface area contributed by atoms with E-state index < -0.39 is 0 Å². The summed E-state index contributed by atoms with van der Waals surface area (Å²) in [6, 6.07) is 5.86. The lowest BCUT2D eigenvalue weighted by atomic mass is 10.1. The smallest absolute Gasteiger partial charge is 0.127 e. The molecule has 0 fully saturated rings. The maximum absolute atomic E-state index is 5.83. The number of nitrogens with two attached hydrogens (primary N) is 1. The molecule has 0 amide bonds. The van der Waals surface area contributed by atoms with E-state index >= 15 is 0 Å². The van der Waals surface area contributed by atoms with Crippen molar-refractivity contribution in [2.45, 2.75) is 19.4 Å². The molecule has 1 atom stereocenters. The predicted octanol–water partition coefficient (Wildman–Crippen LogP) is 1.87. The van der Waals surface area contributed by atoms with Crippen molar-refractivity contribution in [3.05, 3.63) is 23.8 Å². The van der Waals surface area contributed by atoms with E-state index in [1.807, 2.05) is 18.2 Å². The van der Waals surface area contributed by atoms with Gasteiger partial charge in [-0.3, -0.25) is 0 Å². The van der Waals surface area contributed by atoms with E-state index in [0.717, 1.165) is 30.1 Å². The minimum absolute atomic E-state index is 0.0187. The molecule has 0 saturated carbocycles. The molecule has 2 N–H and O–H groups in total. The highest BCUT2D eigenvalue weighted by molar-refractivity contribution is 5.44.